The van der Waals surface area contributed by atoms with Crippen molar-refractivity contribution in [3.8, 4) is 17.2 Å². The minimum absolute atomic E-state index is 0.226. The maximum absolute atomic E-state index is 13.3. The second kappa shape index (κ2) is 12.3. The molecular formula is C28H27BrClN3O4. The van der Waals surface area contributed by atoms with Crippen molar-refractivity contribution in [2.75, 3.05) is 14.2 Å². The van der Waals surface area contributed by atoms with Gasteiger partial charge in [-0.1, -0.05) is 53.0 Å². The fourth-order valence-electron chi connectivity index (χ4n) is 3.79. The fourth-order valence-corrected chi connectivity index (χ4v) is 4.28. The summed E-state index contributed by atoms with van der Waals surface area (Å²) in [6, 6.07) is 16.5. The average Bonchev–Trinajstić information content (AvgIpc) is 2.91. The first-order valence-electron chi connectivity index (χ1n) is 11.8. The summed E-state index contributed by atoms with van der Waals surface area (Å²) in [6.45, 7) is 2.41. The van der Waals surface area contributed by atoms with E-state index in [0.29, 0.717) is 57.6 Å². The molecule has 9 heteroatoms. The van der Waals surface area contributed by atoms with E-state index < -0.39 is 0 Å². The van der Waals surface area contributed by atoms with Crippen molar-refractivity contribution in [2.45, 2.75) is 32.8 Å². The highest BCUT2D eigenvalue weighted by Gasteiger charge is 2.15. The van der Waals surface area contributed by atoms with Crippen molar-refractivity contribution in [2.24, 2.45) is 5.10 Å². The molecular weight excluding hydrogens is 558 g/mol. The Balaban J connectivity index is 1.69. The van der Waals surface area contributed by atoms with Gasteiger partial charge in [-0.3, -0.25) is 4.79 Å². The number of unbranched alkanes of at least 4 members (excludes halogenated alkanes) is 1. The third-order valence-corrected chi connectivity index (χ3v) is 6.48. The summed E-state index contributed by atoms with van der Waals surface area (Å²) in [5.74, 6) is 2.04. The van der Waals surface area contributed by atoms with Crippen LogP contribution in [0.25, 0.3) is 10.9 Å². The van der Waals surface area contributed by atoms with Gasteiger partial charge >= 0.3 is 0 Å². The summed E-state index contributed by atoms with van der Waals surface area (Å²) in [6.07, 6.45) is 4.10. The van der Waals surface area contributed by atoms with Gasteiger partial charge in [0.05, 0.1) is 31.3 Å². The quantitative estimate of drug-likeness (QED) is 0.196. The van der Waals surface area contributed by atoms with Crippen LogP contribution in [0.5, 0.6) is 17.2 Å². The molecule has 0 aliphatic rings. The van der Waals surface area contributed by atoms with Crippen molar-refractivity contribution in [1.29, 1.82) is 0 Å². The van der Waals surface area contributed by atoms with Crippen LogP contribution in [0.15, 0.2) is 69.0 Å². The van der Waals surface area contributed by atoms with Gasteiger partial charge in [0.25, 0.3) is 5.56 Å². The predicted molar refractivity (Wildman–Crippen MR) is 151 cm³/mol. The molecule has 4 rings (SSSR count). The van der Waals surface area contributed by atoms with Crippen LogP contribution in [-0.4, -0.2) is 30.1 Å². The Labute approximate surface area is 228 Å². The molecule has 0 spiro atoms. The second-order valence-corrected chi connectivity index (χ2v) is 9.68. The molecule has 0 N–H and O–H groups in total. The number of nitrogens with zero attached hydrogens (tertiary/aromatic N) is 3. The number of rotatable bonds is 10. The van der Waals surface area contributed by atoms with Crippen molar-refractivity contribution >= 4 is 44.6 Å². The SMILES string of the molecule is CCCCc1nc2ccc(Br)cc2c(=O)n1N=Cc1cc(OC)c(OCc2ccc(Cl)cc2)c(OC)c1. The molecule has 0 radical (unpaired) electrons. The number of benzene rings is 3. The van der Waals surface area contributed by atoms with E-state index in [0.717, 1.165) is 22.9 Å². The van der Waals surface area contributed by atoms with Gasteiger partial charge < -0.3 is 14.2 Å². The molecule has 0 saturated heterocycles. The van der Waals surface area contributed by atoms with E-state index in [9.17, 15) is 4.79 Å². The Hall–Kier alpha value is -3.36. The number of halogens is 2. The first-order valence-corrected chi connectivity index (χ1v) is 13.0. The largest absolute Gasteiger partial charge is 0.493 e. The van der Waals surface area contributed by atoms with Gasteiger partial charge in [0, 0.05) is 21.5 Å². The smallest absolute Gasteiger partial charge is 0.282 e. The molecule has 0 aliphatic heterocycles. The predicted octanol–water partition coefficient (Wildman–Crippen LogP) is 6.63. The molecule has 7 nitrogen and oxygen atoms in total. The van der Waals surface area contributed by atoms with Crippen molar-refractivity contribution in [3.63, 3.8) is 0 Å². The number of aromatic nitrogens is 2. The van der Waals surface area contributed by atoms with Crippen LogP contribution in [0.1, 0.15) is 36.7 Å². The Morgan fingerprint density at radius 1 is 1.05 bits per heavy atom. The van der Waals surface area contributed by atoms with E-state index in [1.54, 1.807) is 38.6 Å². The summed E-state index contributed by atoms with van der Waals surface area (Å²) >= 11 is 9.41. The molecule has 0 saturated carbocycles. The first kappa shape index (κ1) is 26.7. The van der Waals surface area contributed by atoms with E-state index in [1.807, 2.05) is 36.4 Å². The Morgan fingerprint density at radius 3 is 2.41 bits per heavy atom. The Bertz CT molecular complexity index is 1460. The lowest BCUT2D eigenvalue weighted by Crippen LogP contribution is -2.22. The highest BCUT2D eigenvalue weighted by molar-refractivity contribution is 9.10. The lowest BCUT2D eigenvalue weighted by atomic mass is 10.2. The maximum atomic E-state index is 13.3. The number of hydrogen-bond donors (Lipinski definition) is 0. The van der Waals surface area contributed by atoms with Crippen molar-refractivity contribution in [3.05, 3.63) is 91.4 Å². The molecule has 0 unspecified atom stereocenters. The van der Waals surface area contributed by atoms with E-state index in [2.05, 4.69) is 28.0 Å². The van der Waals surface area contributed by atoms with Crippen molar-refractivity contribution < 1.29 is 14.2 Å². The fraction of sp³-hybridized carbons (Fsp3) is 0.250. The standard InChI is InChI=1S/C28H27BrClN3O4/c1-4-5-6-26-32-23-12-9-20(29)15-22(23)28(34)33(26)31-16-19-13-24(35-2)27(25(14-19)36-3)37-17-18-7-10-21(30)11-8-18/h7-16H,4-6,17H2,1-3H3. The van der Waals surface area contributed by atoms with Crippen LogP contribution in [0.4, 0.5) is 0 Å². The number of ether oxygens (including phenoxy) is 3. The van der Waals surface area contributed by atoms with Gasteiger partial charge in [0.1, 0.15) is 12.4 Å². The molecule has 0 atom stereocenters. The lowest BCUT2D eigenvalue weighted by molar-refractivity contribution is 0.266. The normalized spacial score (nSPS) is 11.3. The molecule has 0 aliphatic carbocycles. The molecule has 0 amide bonds. The summed E-state index contributed by atoms with van der Waals surface area (Å²) in [5.41, 5.74) is 2.05. The summed E-state index contributed by atoms with van der Waals surface area (Å²) < 4.78 is 19.4. The number of aryl methyl sites for hydroxylation is 1. The van der Waals surface area contributed by atoms with E-state index >= 15 is 0 Å². The van der Waals surface area contributed by atoms with Gasteiger partial charge in [-0.05, 0) is 54.4 Å². The Morgan fingerprint density at radius 2 is 1.76 bits per heavy atom. The zero-order chi connectivity index (χ0) is 26.4. The number of hydrogen-bond acceptors (Lipinski definition) is 6. The molecule has 192 valence electrons. The van der Waals surface area contributed by atoms with Gasteiger partial charge in [-0.15, -0.1) is 0 Å². The molecule has 4 aromatic rings. The number of fused-ring (bicyclic) bond motifs is 1. The summed E-state index contributed by atoms with van der Waals surface area (Å²) in [5, 5.41) is 5.68. The topological polar surface area (TPSA) is 74.9 Å². The van der Waals surface area contributed by atoms with Gasteiger partial charge in [0.2, 0.25) is 5.75 Å². The molecule has 1 heterocycles. The van der Waals surface area contributed by atoms with Crippen LogP contribution in [0.2, 0.25) is 5.02 Å². The first-order chi connectivity index (χ1) is 17.9. The highest BCUT2D eigenvalue weighted by Crippen LogP contribution is 2.38. The van der Waals surface area contributed by atoms with E-state index in [1.165, 1.54) is 4.68 Å². The molecule has 1 aromatic heterocycles. The van der Waals surface area contributed by atoms with E-state index in [-0.39, 0.29) is 5.56 Å². The zero-order valence-corrected chi connectivity index (χ0v) is 23.2. The Kier molecular flexibility index (Phi) is 8.84. The minimum atomic E-state index is -0.226. The minimum Gasteiger partial charge on any atom is -0.493 e. The van der Waals surface area contributed by atoms with Crippen molar-refractivity contribution in [1.82, 2.24) is 9.66 Å². The molecule has 37 heavy (non-hydrogen) atoms. The third-order valence-electron chi connectivity index (χ3n) is 5.73. The van der Waals surface area contributed by atoms with Gasteiger partial charge in [-0.2, -0.15) is 9.78 Å². The van der Waals surface area contributed by atoms with Crippen LogP contribution >= 0.6 is 27.5 Å². The second-order valence-electron chi connectivity index (χ2n) is 8.32. The average molecular weight is 585 g/mol. The maximum Gasteiger partial charge on any atom is 0.282 e. The highest BCUT2D eigenvalue weighted by atomic mass is 79.9. The van der Waals surface area contributed by atoms with E-state index in [4.69, 9.17) is 30.8 Å². The molecule has 3 aromatic carbocycles. The summed E-state index contributed by atoms with van der Waals surface area (Å²) in [4.78, 5) is 18.1. The van der Waals surface area contributed by atoms with Gasteiger partial charge in [-0.25, -0.2) is 4.98 Å². The lowest BCUT2D eigenvalue weighted by Gasteiger charge is -2.15. The third kappa shape index (κ3) is 6.32. The van der Waals surface area contributed by atoms with Crippen LogP contribution < -0.4 is 19.8 Å². The molecule has 0 fully saturated rings. The summed E-state index contributed by atoms with van der Waals surface area (Å²) in [7, 11) is 3.12. The van der Waals surface area contributed by atoms with Crippen LogP contribution in [-0.2, 0) is 13.0 Å². The zero-order valence-electron chi connectivity index (χ0n) is 20.8. The van der Waals surface area contributed by atoms with Gasteiger partial charge in [0.15, 0.2) is 11.5 Å². The van der Waals surface area contributed by atoms with Crippen LogP contribution in [0.3, 0.4) is 0 Å². The van der Waals surface area contributed by atoms with Crippen LogP contribution in [0, 0.1) is 0 Å². The monoisotopic (exact) mass is 583 g/mol. The number of methoxy groups -OCH3 is 2. The molecule has 0 bridgehead atoms.